The molecule has 2 heterocycles. The van der Waals surface area contributed by atoms with Crippen LogP contribution >= 0.6 is 15.9 Å². The summed E-state index contributed by atoms with van der Waals surface area (Å²) >= 11 is 3.36. The Balaban J connectivity index is 1.99. The maximum absolute atomic E-state index is 14.0. The third-order valence-electron chi connectivity index (χ3n) is 3.65. The first kappa shape index (κ1) is 13.7. The summed E-state index contributed by atoms with van der Waals surface area (Å²) in [5, 5.41) is 0. The molecule has 0 saturated carbocycles. The van der Waals surface area contributed by atoms with Gasteiger partial charge in [-0.25, -0.2) is 9.37 Å². The molecule has 6 heteroatoms. The van der Waals surface area contributed by atoms with E-state index in [0.717, 1.165) is 23.2 Å². The van der Waals surface area contributed by atoms with E-state index in [1.54, 1.807) is 29.2 Å². The second-order valence-electron chi connectivity index (χ2n) is 4.93. The minimum atomic E-state index is -0.303. The van der Waals surface area contributed by atoms with E-state index in [4.69, 9.17) is 10.5 Å². The summed E-state index contributed by atoms with van der Waals surface area (Å²) in [6.07, 6.45) is 4.21. The van der Waals surface area contributed by atoms with Gasteiger partial charge in [0, 0.05) is 17.0 Å². The standard InChI is InChI=1S/C14H15BrFN3O/c15-10-1-2-11(16)12(5-10)19-8-18-6-13(19)14(17)9-3-4-20-7-9/h1-2,5-6,8-9,14H,3-4,7,17H2. The molecular weight excluding hydrogens is 325 g/mol. The molecular formula is C14H15BrFN3O. The highest BCUT2D eigenvalue weighted by Crippen LogP contribution is 2.29. The number of nitrogens with zero attached hydrogens (tertiary/aromatic N) is 2. The van der Waals surface area contributed by atoms with Gasteiger partial charge in [0.05, 0.1) is 36.6 Å². The fourth-order valence-corrected chi connectivity index (χ4v) is 2.85. The van der Waals surface area contributed by atoms with E-state index in [9.17, 15) is 4.39 Å². The molecule has 1 aliphatic rings. The quantitative estimate of drug-likeness (QED) is 0.935. The van der Waals surface area contributed by atoms with Crippen molar-refractivity contribution in [3.8, 4) is 5.69 Å². The largest absolute Gasteiger partial charge is 0.381 e. The van der Waals surface area contributed by atoms with Crippen LogP contribution in [0.4, 0.5) is 4.39 Å². The smallest absolute Gasteiger partial charge is 0.147 e. The molecule has 2 aromatic rings. The van der Waals surface area contributed by atoms with Crippen LogP contribution in [0.3, 0.4) is 0 Å². The monoisotopic (exact) mass is 339 g/mol. The fourth-order valence-electron chi connectivity index (χ4n) is 2.50. The topological polar surface area (TPSA) is 53.1 Å². The van der Waals surface area contributed by atoms with Crippen LogP contribution in [0.2, 0.25) is 0 Å². The van der Waals surface area contributed by atoms with Crippen LogP contribution < -0.4 is 5.73 Å². The number of aromatic nitrogens is 2. The number of rotatable bonds is 3. The van der Waals surface area contributed by atoms with E-state index < -0.39 is 0 Å². The predicted molar refractivity (Wildman–Crippen MR) is 77.1 cm³/mol. The Labute approximate surface area is 124 Å². The van der Waals surface area contributed by atoms with Gasteiger partial charge in [0.15, 0.2) is 0 Å². The highest BCUT2D eigenvalue weighted by Gasteiger charge is 2.27. The summed E-state index contributed by atoms with van der Waals surface area (Å²) in [6.45, 7) is 1.38. The molecule has 0 radical (unpaired) electrons. The van der Waals surface area contributed by atoms with Crippen molar-refractivity contribution < 1.29 is 9.13 Å². The molecule has 0 spiro atoms. The summed E-state index contributed by atoms with van der Waals surface area (Å²) < 4.78 is 21.9. The van der Waals surface area contributed by atoms with Crippen molar-refractivity contribution in [2.24, 2.45) is 11.7 Å². The lowest BCUT2D eigenvalue weighted by Crippen LogP contribution is -2.24. The summed E-state index contributed by atoms with van der Waals surface area (Å²) in [5.74, 6) is -0.0528. The first-order valence-corrected chi connectivity index (χ1v) is 7.27. The van der Waals surface area contributed by atoms with Gasteiger partial charge in [-0.2, -0.15) is 0 Å². The van der Waals surface area contributed by atoms with Crippen molar-refractivity contribution in [2.45, 2.75) is 12.5 Å². The van der Waals surface area contributed by atoms with Crippen molar-refractivity contribution >= 4 is 15.9 Å². The molecule has 2 atom stereocenters. The maximum Gasteiger partial charge on any atom is 0.147 e. The molecule has 0 amide bonds. The molecule has 1 aromatic carbocycles. The van der Waals surface area contributed by atoms with Gasteiger partial charge in [-0.15, -0.1) is 0 Å². The molecule has 1 saturated heterocycles. The molecule has 1 aromatic heterocycles. The molecule has 20 heavy (non-hydrogen) atoms. The number of hydrogen-bond acceptors (Lipinski definition) is 3. The zero-order valence-corrected chi connectivity index (χ0v) is 12.4. The van der Waals surface area contributed by atoms with Gasteiger partial charge >= 0.3 is 0 Å². The maximum atomic E-state index is 14.0. The lowest BCUT2D eigenvalue weighted by molar-refractivity contribution is 0.180. The second kappa shape index (κ2) is 5.63. The molecule has 1 fully saturated rings. The Morgan fingerprint density at radius 1 is 1.50 bits per heavy atom. The average Bonchev–Trinajstić information content (AvgIpc) is 3.11. The Kier molecular flexibility index (Phi) is 3.87. The molecule has 1 aliphatic heterocycles. The van der Waals surface area contributed by atoms with Gasteiger partial charge in [-0.05, 0) is 24.6 Å². The van der Waals surface area contributed by atoms with Crippen LogP contribution in [0.5, 0.6) is 0 Å². The van der Waals surface area contributed by atoms with Crippen LogP contribution in [-0.2, 0) is 4.74 Å². The molecule has 2 unspecified atom stereocenters. The van der Waals surface area contributed by atoms with Crippen LogP contribution in [0.15, 0.2) is 35.2 Å². The number of halogens is 2. The van der Waals surface area contributed by atoms with Gasteiger partial charge in [0.25, 0.3) is 0 Å². The highest BCUT2D eigenvalue weighted by atomic mass is 79.9. The first-order valence-electron chi connectivity index (χ1n) is 6.48. The third kappa shape index (κ3) is 2.51. The zero-order valence-electron chi connectivity index (χ0n) is 10.8. The van der Waals surface area contributed by atoms with E-state index in [-0.39, 0.29) is 17.8 Å². The normalized spacial score (nSPS) is 20.2. The SMILES string of the molecule is NC(c1cncn1-c1cc(Br)ccc1F)C1CCOC1. The molecule has 3 rings (SSSR count). The Bertz CT molecular complexity index is 610. The fraction of sp³-hybridized carbons (Fsp3) is 0.357. The predicted octanol–water partition coefficient (Wildman–Crippen LogP) is 2.81. The van der Waals surface area contributed by atoms with Gasteiger partial charge in [0.2, 0.25) is 0 Å². The molecule has 0 bridgehead atoms. The number of benzene rings is 1. The number of ether oxygens (including phenoxy) is 1. The van der Waals surface area contributed by atoms with E-state index in [2.05, 4.69) is 20.9 Å². The first-order chi connectivity index (χ1) is 9.66. The van der Waals surface area contributed by atoms with Crippen LogP contribution in [0.1, 0.15) is 18.2 Å². The molecule has 106 valence electrons. The molecule has 2 N–H and O–H groups in total. The minimum Gasteiger partial charge on any atom is -0.381 e. The van der Waals surface area contributed by atoms with Gasteiger partial charge < -0.3 is 10.5 Å². The Morgan fingerprint density at radius 3 is 3.10 bits per heavy atom. The lowest BCUT2D eigenvalue weighted by Gasteiger charge is -2.19. The van der Waals surface area contributed by atoms with Crippen LogP contribution in [0, 0.1) is 11.7 Å². The summed E-state index contributed by atoms with van der Waals surface area (Å²) in [4.78, 5) is 4.12. The van der Waals surface area contributed by atoms with Gasteiger partial charge in [0.1, 0.15) is 5.82 Å². The van der Waals surface area contributed by atoms with E-state index in [1.165, 1.54) is 6.07 Å². The highest BCUT2D eigenvalue weighted by molar-refractivity contribution is 9.10. The summed E-state index contributed by atoms with van der Waals surface area (Å²) in [7, 11) is 0. The van der Waals surface area contributed by atoms with Gasteiger partial charge in [-0.1, -0.05) is 15.9 Å². The Hall–Kier alpha value is -1.24. The van der Waals surface area contributed by atoms with Crippen molar-refractivity contribution in [1.82, 2.24) is 9.55 Å². The second-order valence-corrected chi connectivity index (χ2v) is 5.85. The Morgan fingerprint density at radius 2 is 2.35 bits per heavy atom. The van der Waals surface area contributed by atoms with Crippen molar-refractivity contribution in [3.63, 3.8) is 0 Å². The van der Waals surface area contributed by atoms with Gasteiger partial charge in [-0.3, -0.25) is 4.57 Å². The zero-order chi connectivity index (χ0) is 14.1. The lowest BCUT2D eigenvalue weighted by atomic mass is 9.97. The van der Waals surface area contributed by atoms with Crippen LogP contribution in [0.25, 0.3) is 5.69 Å². The summed E-state index contributed by atoms with van der Waals surface area (Å²) in [6, 6.07) is 4.60. The number of nitrogens with two attached hydrogens (primary N) is 1. The molecule has 4 nitrogen and oxygen atoms in total. The number of hydrogen-bond donors (Lipinski definition) is 1. The van der Waals surface area contributed by atoms with Crippen LogP contribution in [-0.4, -0.2) is 22.8 Å². The summed E-state index contributed by atoms with van der Waals surface area (Å²) in [5.41, 5.74) is 7.54. The number of imidazole rings is 1. The third-order valence-corrected chi connectivity index (χ3v) is 4.14. The minimum absolute atomic E-state index is 0.210. The average molecular weight is 340 g/mol. The van der Waals surface area contributed by atoms with E-state index >= 15 is 0 Å². The van der Waals surface area contributed by atoms with Crippen molar-refractivity contribution in [1.29, 1.82) is 0 Å². The van der Waals surface area contributed by atoms with Crippen molar-refractivity contribution in [3.05, 3.63) is 46.7 Å². The molecule has 0 aliphatic carbocycles. The van der Waals surface area contributed by atoms with E-state index in [1.807, 2.05) is 0 Å². The van der Waals surface area contributed by atoms with Crippen molar-refractivity contribution in [2.75, 3.05) is 13.2 Å². The van der Waals surface area contributed by atoms with E-state index in [0.29, 0.717) is 12.3 Å².